The van der Waals surface area contributed by atoms with Crippen LogP contribution in [0.5, 0.6) is 0 Å². The molecule has 1 N–H and O–H groups in total. The third-order valence-corrected chi connectivity index (χ3v) is 4.02. The first-order chi connectivity index (χ1) is 11.0. The van der Waals surface area contributed by atoms with Crippen molar-refractivity contribution >= 4 is 34.4 Å². The number of carbonyl (C=O) groups excluding carboxylic acids is 2. The van der Waals surface area contributed by atoms with Crippen molar-refractivity contribution in [3.8, 4) is 0 Å². The van der Waals surface area contributed by atoms with E-state index >= 15 is 0 Å². The van der Waals surface area contributed by atoms with Gasteiger partial charge in [0.1, 0.15) is 6.54 Å². The predicted octanol–water partition coefficient (Wildman–Crippen LogP) is 2.88. The van der Waals surface area contributed by atoms with Crippen molar-refractivity contribution in [2.24, 2.45) is 5.92 Å². The van der Waals surface area contributed by atoms with E-state index in [-0.39, 0.29) is 12.5 Å². The Morgan fingerprint density at radius 2 is 2.13 bits per heavy atom. The molecule has 1 heterocycles. The Bertz CT molecular complexity index is 772. The summed E-state index contributed by atoms with van der Waals surface area (Å²) in [4.78, 5) is 28.2. The number of pyridine rings is 1. The Morgan fingerprint density at radius 1 is 1.35 bits per heavy atom. The zero-order valence-corrected chi connectivity index (χ0v) is 13.5. The highest BCUT2D eigenvalue weighted by molar-refractivity contribution is 6.31. The first kappa shape index (κ1) is 15.7. The molecule has 0 saturated heterocycles. The summed E-state index contributed by atoms with van der Waals surface area (Å²) >= 11 is 5.97. The van der Waals surface area contributed by atoms with E-state index in [1.165, 1.54) is 0 Å². The fourth-order valence-corrected chi connectivity index (χ4v) is 2.45. The summed E-state index contributed by atoms with van der Waals surface area (Å²) < 4.78 is 5.08. The van der Waals surface area contributed by atoms with Crippen LogP contribution in [0.25, 0.3) is 10.9 Å². The number of nitrogens with one attached hydrogen (secondary N) is 1. The molecule has 120 valence electrons. The highest BCUT2D eigenvalue weighted by atomic mass is 35.5. The second-order valence-corrected chi connectivity index (χ2v) is 6.20. The largest absolute Gasteiger partial charge is 0.464 e. The number of aryl methyl sites for hydroxylation is 1. The molecule has 2 aromatic rings. The van der Waals surface area contributed by atoms with Crippen LogP contribution in [0.2, 0.25) is 5.02 Å². The Labute approximate surface area is 139 Å². The first-order valence-corrected chi connectivity index (χ1v) is 7.91. The molecule has 0 aliphatic heterocycles. The van der Waals surface area contributed by atoms with Gasteiger partial charge in [-0.05, 0) is 49.9 Å². The maximum Gasteiger partial charge on any atom is 0.325 e. The molecule has 0 unspecified atom stereocenters. The number of fused-ring (bicyclic) bond motifs is 1. The van der Waals surface area contributed by atoms with Crippen molar-refractivity contribution in [1.82, 2.24) is 10.3 Å². The number of carbonyl (C=O) groups is 2. The highest BCUT2D eigenvalue weighted by Crippen LogP contribution is 2.28. The van der Waals surface area contributed by atoms with Gasteiger partial charge in [0.15, 0.2) is 0 Å². The number of ether oxygens (including phenoxy) is 1. The molecule has 6 heteroatoms. The third-order valence-electron chi connectivity index (χ3n) is 3.78. The molecule has 23 heavy (non-hydrogen) atoms. The molecule has 1 saturated carbocycles. The number of aromatic nitrogens is 1. The number of halogens is 1. The lowest BCUT2D eigenvalue weighted by atomic mass is 10.1. The van der Waals surface area contributed by atoms with Crippen LogP contribution in [-0.2, 0) is 9.53 Å². The van der Waals surface area contributed by atoms with E-state index in [2.05, 4.69) is 10.3 Å². The summed E-state index contributed by atoms with van der Waals surface area (Å²) in [7, 11) is 0. The molecule has 0 bridgehead atoms. The molecular weight excluding hydrogens is 316 g/mol. The average molecular weight is 333 g/mol. The molecule has 1 aromatic carbocycles. The summed E-state index contributed by atoms with van der Waals surface area (Å²) in [5.41, 5.74) is 1.80. The van der Waals surface area contributed by atoms with Gasteiger partial charge in [0.05, 0.1) is 23.4 Å². The topological polar surface area (TPSA) is 68.3 Å². The van der Waals surface area contributed by atoms with Crippen molar-refractivity contribution < 1.29 is 14.3 Å². The van der Waals surface area contributed by atoms with E-state index in [1.807, 2.05) is 6.07 Å². The molecule has 0 spiro atoms. The van der Waals surface area contributed by atoms with Gasteiger partial charge >= 0.3 is 5.97 Å². The van der Waals surface area contributed by atoms with Crippen molar-refractivity contribution in [3.63, 3.8) is 0 Å². The lowest BCUT2D eigenvalue weighted by Gasteiger charge is -2.09. The molecule has 0 radical (unpaired) electrons. The normalized spacial score (nSPS) is 13.8. The quantitative estimate of drug-likeness (QED) is 0.855. The van der Waals surface area contributed by atoms with Gasteiger partial charge in [-0.15, -0.1) is 0 Å². The minimum Gasteiger partial charge on any atom is -0.464 e. The molecule has 0 atom stereocenters. The Kier molecular flexibility index (Phi) is 4.48. The molecule has 1 aliphatic rings. The van der Waals surface area contributed by atoms with Crippen LogP contribution in [0.1, 0.15) is 28.9 Å². The van der Waals surface area contributed by atoms with Crippen LogP contribution >= 0.6 is 11.6 Å². The molecule has 1 fully saturated rings. The van der Waals surface area contributed by atoms with Crippen molar-refractivity contribution in [1.29, 1.82) is 0 Å². The number of nitrogens with zero attached hydrogens (tertiary/aromatic N) is 1. The molecular formula is C17H17ClN2O3. The van der Waals surface area contributed by atoms with Crippen LogP contribution in [0, 0.1) is 12.8 Å². The average Bonchev–Trinajstić information content (AvgIpc) is 3.34. The first-order valence-electron chi connectivity index (χ1n) is 7.53. The van der Waals surface area contributed by atoms with Crippen LogP contribution in [0.3, 0.4) is 0 Å². The van der Waals surface area contributed by atoms with E-state index in [0.29, 0.717) is 28.8 Å². The van der Waals surface area contributed by atoms with E-state index in [9.17, 15) is 9.59 Å². The number of esters is 1. The number of hydrogen-bond acceptors (Lipinski definition) is 4. The summed E-state index contributed by atoms with van der Waals surface area (Å²) in [5, 5.41) is 3.94. The zero-order chi connectivity index (χ0) is 16.4. The van der Waals surface area contributed by atoms with Gasteiger partial charge in [-0.3, -0.25) is 14.6 Å². The Balaban J connectivity index is 1.67. The number of hydrogen-bond donors (Lipinski definition) is 1. The SMILES string of the molecule is Cc1nc2ccc(Cl)cc2cc1C(=O)NCC(=O)OCC1CC1. The van der Waals surface area contributed by atoms with Gasteiger partial charge in [-0.2, -0.15) is 0 Å². The van der Waals surface area contributed by atoms with Crippen molar-refractivity contribution in [2.75, 3.05) is 13.2 Å². The lowest BCUT2D eigenvalue weighted by molar-refractivity contribution is -0.142. The van der Waals surface area contributed by atoms with Crippen molar-refractivity contribution in [2.45, 2.75) is 19.8 Å². The van der Waals surface area contributed by atoms with Crippen LogP contribution in [-0.4, -0.2) is 30.0 Å². The monoisotopic (exact) mass is 332 g/mol. The maximum absolute atomic E-state index is 12.3. The molecule has 1 aliphatic carbocycles. The fraction of sp³-hybridized carbons (Fsp3) is 0.353. The van der Waals surface area contributed by atoms with Gasteiger partial charge in [-0.25, -0.2) is 0 Å². The second kappa shape index (κ2) is 6.54. The minimum atomic E-state index is -0.417. The van der Waals surface area contributed by atoms with Crippen LogP contribution in [0.4, 0.5) is 0 Å². The highest BCUT2D eigenvalue weighted by Gasteiger charge is 2.23. The summed E-state index contributed by atoms with van der Waals surface area (Å²) in [6.45, 7) is 2.07. The van der Waals surface area contributed by atoms with E-state index in [1.54, 1.807) is 25.1 Å². The Hall–Kier alpha value is -2.14. The van der Waals surface area contributed by atoms with Crippen LogP contribution in [0.15, 0.2) is 24.3 Å². The van der Waals surface area contributed by atoms with E-state index in [0.717, 1.165) is 23.7 Å². The smallest absolute Gasteiger partial charge is 0.325 e. The van der Waals surface area contributed by atoms with Gasteiger partial charge < -0.3 is 10.1 Å². The molecule has 5 nitrogen and oxygen atoms in total. The van der Waals surface area contributed by atoms with Crippen molar-refractivity contribution in [3.05, 3.63) is 40.5 Å². The van der Waals surface area contributed by atoms with Gasteiger partial charge in [-0.1, -0.05) is 11.6 Å². The minimum absolute atomic E-state index is 0.140. The lowest BCUT2D eigenvalue weighted by Crippen LogP contribution is -2.31. The molecule has 3 rings (SSSR count). The third kappa shape index (κ3) is 3.99. The number of benzene rings is 1. The van der Waals surface area contributed by atoms with Gasteiger partial charge in [0.2, 0.25) is 0 Å². The standard InChI is InChI=1S/C17H17ClN2O3/c1-10-14(7-12-6-13(18)4-5-15(12)20-10)17(22)19-8-16(21)23-9-11-2-3-11/h4-7,11H,2-3,8-9H2,1H3,(H,19,22). The summed E-state index contributed by atoms with van der Waals surface area (Å²) in [6, 6.07) is 7.05. The van der Waals surface area contributed by atoms with Crippen LogP contribution < -0.4 is 5.32 Å². The molecule has 1 amide bonds. The number of amides is 1. The van der Waals surface area contributed by atoms with E-state index < -0.39 is 5.97 Å². The predicted molar refractivity (Wildman–Crippen MR) is 87.5 cm³/mol. The molecule has 1 aromatic heterocycles. The Morgan fingerprint density at radius 3 is 2.87 bits per heavy atom. The maximum atomic E-state index is 12.3. The summed E-state index contributed by atoms with van der Waals surface area (Å²) in [6.07, 6.45) is 2.23. The van der Waals surface area contributed by atoms with Gasteiger partial charge in [0, 0.05) is 10.4 Å². The second-order valence-electron chi connectivity index (χ2n) is 5.77. The summed E-state index contributed by atoms with van der Waals surface area (Å²) in [5.74, 6) is -0.258. The zero-order valence-electron chi connectivity index (χ0n) is 12.8. The fourth-order valence-electron chi connectivity index (χ4n) is 2.27. The van der Waals surface area contributed by atoms with Gasteiger partial charge in [0.25, 0.3) is 5.91 Å². The number of rotatable bonds is 5. The van der Waals surface area contributed by atoms with E-state index in [4.69, 9.17) is 16.3 Å².